The summed E-state index contributed by atoms with van der Waals surface area (Å²) < 4.78 is 0. The zero-order chi connectivity index (χ0) is 8.98. The van der Waals surface area contributed by atoms with Crippen LogP contribution in [0.2, 0.25) is 0 Å². The molecule has 0 aromatic heterocycles. The molecule has 0 radical (unpaired) electrons. The molecule has 0 aromatic carbocycles. The summed E-state index contributed by atoms with van der Waals surface area (Å²) >= 11 is 0. The third kappa shape index (κ3) is 0.724. The molecular formula is C9H15NO2. The van der Waals surface area contributed by atoms with Crippen molar-refractivity contribution in [1.82, 2.24) is 5.32 Å². The van der Waals surface area contributed by atoms with Gasteiger partial charge in [-0.15, -0.1) is 0 Å². The number of carboxylic acid groups (broad SMARTS) is 1. The number of carbonyl (C=O) groups is 1. The van der Waals surface area contributed by atoms with Gasteiger partial charge in [0.05, 0.1) is 6.42 Å². The van der Waals surface area contributed by atoms with Crippen molar-refractivity contribution < 1.29 is 9.90 Å². The van der Waals surface area contributed by atoms with Gasteiger partial charge in [0.25, 0.3) is 0 Å². The molecule has 2 fully saturated rings. The van der Waals surface area contributed by atoms with Crippen LogP contribution in [0.1, 0.15) is 20.3 Å². The average molecular weight is 169 g/mol. The molecule has 0 amide bonds. The van der Waals surface area contributed by atoms with Crippen LogP contribution >= 0.6 is 0 Å². The third-order valence-electron chi connectivity index (χ3n) is 3.99. The third-order valence-corrected chi connectivity index (χ3v) is 3.99. The molecule has 3 nitrogen and oxygen atoms in total. The summed E-state index contributed by atoms with van der Waals surface area (Å²) in [6.07, 6.45) is 0.331. The molecule has 12 heavy (non-hydrogen) atoms. The largest absolute Gasteiger partial charge is 0.481 e. The van der Waals surface area contributed by atoms with Gasteiger partial charge < -0.3 is 10.4 Å². The minimum absolute atomic E-state index is 0.0683. The highest BCUT2D eigenvalue weighted by atomic mass is 16.4. The fourth-order valence-electron chi connectivity index (χ4n) is 2.99. The van der Waals surface area contributed by atoms with E-state index in [-0.39, 0.29) is 10.8 Å². The maximum absolute atomic E-state index is 10.6. The number of fused-ring (bicyclic) bond motifs is 1. The predicted octanol–water partition coefficient (Wildman–Crippen LogP) is 0.707. The van der Waals surface area contributed by atoms with Gasteiger partial charge in [-0.3, -0.25) is 4.79 Å². The van der Waals surface area contributed by atoms with Gasteiger partial charge in [0.1, 0.15) is 0 Å². The molecule has 3 heteroatoms. The van der Waals surface area contributed by atoms with Crippen molar-refractivity contribution in [2.24, 2.45) is 16.7 Å². The summed E-state index contributed by atoms with van der Waals surface area (Å²) in [5.74, 6) is -0.0737. The predicted molar refractivity (Wildman–Crippen MR) is 44.8 cm³/mol. The number of hydrogen-bond donors (Lipinski definition) is 2. The zero-order valence-electron chi connectivity index (χ0n) is 7.55. The first-order valence-electron chi connectivity index (χ1n) is 4.43. The van der Waals surface area contributed by atoms with E-state index in [1.165, 1.54) is 0 Å². The quantitative estimate of drug-likeness (QED) is 0.640. The van der Waals surface area contributed by atoms with Gasteiger partial charge in [0.15, 0.2) is 0 Å². The fraction of sp³-hybridized carbons (Fsp3) is 0.889. The Bertz CT molecular complexity index is 237. The average Bonchev–Trinajstić information content (AvgIpc) is 2.31. The molecule has 1 aliphatic carbocycles. The molecule has 0 aromatic rings. The molecule has 1 heterocycles. The molecule has 1 saturated carbocycles. The molecule has 0 unspecified atom stereocenters. The molecule has 2 rings (SSSR count). The van der Waals surface area contributed by atoms with Crippen molar-refractivity contribution in [3.63, 3.8) is 0 Å². The SMILES string of the molecule is CC1(C)[C@@H]2CNC[C@]21CC(=O)O. The van der Waals surface area contributed by atoms with Crippen LogP contribution in [-0.2, 0) is 4.79 Å². The van der Waals surface area contributed by atoms with Crippen LogP contribution < -0.4 is 5.32 Å². The molecule has 1 saturated heterocycles. The van der Waals surface area contributed by atoms with Crippen LogP contribution in [0.5, 0.6) is 0 Å². The van der Waals surface area contributed by atoms with E-state index in [4.69, 9.17) is 5.11 Å². The number of hydrogen-bond acceptors (Lipinski definition) is 2. The number of rotatable bonds is 2. The first-order chi connectivity index (χ1) is 5.51. The second kappa shape index (κ2) is 2.02. The van der Waals surface area contributed by atoms with E-state index in [1.807, 2.05) is 0 Å². The Hall–Kier alpha value is -0.570. The van der Waals surface area contributed by atoms with Crippen LogP contribution in [0.25, 0.3) is 0 Å². The Morgan fingerprint density at radius 2 is 2.33 bits per heavy atom. The smallest absolute Gasteiger partial charge is 0.303 e. The van der Waals surface area contributed by atoms with Crippen LogP contribution in [0.3, 0.4) is 0 Å². The van der Waals surface area contributed by atoms with E-state index < -0.39 is 5.97 Å². The highest BCUT2D eigenvalue weighted by Crippen LogP contribution is 2.72. The lowest BCUT2D eigenvalue weighted by Crippen LogP contribution is -2.25. The van der Waals surface area contributed by atoms with Gasteiger partial charge in [-0.25, -0.2) is 0 Å². The number of piperidine rings is 1. The molecule has 68 valence electrons. The lowest BCUT2D eigenvalue weighted by atomic mass is 9.92. The van der Waals surface area contributed by atoms with Gasteiger partial charge in [-0.2, -0.15) is 0 Å². The van der Waals surface area contributed by atoms with E-state index in [0.29, 0.717) is 12.3 Å². The van der Waals surface area contributed by atoms with Crippen LogP contribution in [0, 0.1) is 16.7 Å². The Morgan fingerprint density at radius 3 is 2.75 bits per heavy atom. The Kier molecular flexibility index (Phi) is 1.35. The van der Waals surface area contributed by atoms with Crippen molar-refractivity contribution in [3.8, 4) is 0 Å². The van der Waals surface area contributed by atoms with Crippen molar-refractivity contribution in [1.29, 1.82) is 0 Å². The Labute approximate surface area is 72.2 Å². The van der Waals surface area contributed by atoms with Crippen LogP contribution in [0.15, 0.2) is 0 Å². The normalized spacial score (nSPS) is 42.3. The van der Waals surface area contributed by atoms with Gasteiger partial charge in [-0.05, 0) is 17.9 Å². The second-order valence-corrected chi connectivity index (χ2v) is 4.63. The summed E-state index contributed by atoms with van der Waals surface area (Å²) in [4.78, 5) is 10.6. The van der Waals surface area contributed by atoms with Crippen LogP contribution in [-0.4, -0.2) is 24.2 Å². The Morgan fingerprint density at radius 1 is 1.67 bits per heavy atom. The molecule has 0 bridgehead atoms. The van der Waals surface area contributed by atoms with E-state index in [2.05, 4.69) is 19.2 Å². The standard InChI is InChI=1S/C9H15NO2/c1-8(2)6-4-10-5-9(6,8)3-7(11)12/h6,10H,3-5H2,1-2H3,(H,11,12)/t6-,9+/m0/s1. The summed E-state index contributed by atoms with van der Waals surface area (Å²) in [7, 11) is 0. The minimum Gasteiger partial charge on any atom is -0.481 e. The first kappa shape index (κ1) is 8.05. The molecular weight excluding hydrogens is 154 g/mol. The Balaban J connectivity index is 2.16. The highest BCUT2D eigenvalue weighted by molar-refractivity contribution is 5.69. The molecule has 2 N–H and O–H groups in total. The molecule has 1 aliphatic heterocycles. The van der Waals surface area contributed by atoms with E-state index in [1.54, 1.807) is 0 Å². The monoisotopic (exact) mass is 169 g/mol. The van der Waals surface area contributed by atoms with Crippen molar-refractivity contribution in [2.75, 3.05) is 13.1 Å². The number of nitrogens with one attached hydrogen (secondary N) is 1. The number of aliphatic carboxylic acids is 1. The zero-order valence-corrected chi connectivity index (χ0v) is 7.55. The summed E-state index contributed by atoms with van der Waals surface area (Å²) in [5, 5.41) is 12.0. The summed E-state index contributed by atoms with van der Waals surface area (Å²) in [5.41, 5.74) is 0.315. The maximum atomic E-state index is 10.6. The molecule has 2 aliphatic rings. The topological polar surface area (TPSA) is 49.3 Å². The first-order valence-corrected chi connectivity index (χ1v) is 4.43. The number of carboxylic acids is 1. The van der Waals surface area contributed by atoms with E-state index in [0.717, 1.165) is 13.1 Å². The summed E-state index contributed by atoms with van der Waals surface area (Å²) in [6, 6.07) is 0. The van der Waals surface area contributed by atoms with E-state index >= 15 is 0 Å². The van der Waals surface area contributed by atoms with Gasteiger partial charge in [0, 0.05) is 12.0 Å². The summed E-state index contributed by atoms with van der Waals surface area (Å²) in [6.45, 7) is 6.25. The maximum Gasteiger partial charge on any atom is 0.303 e. The van der Waals surface area contributed by atoms with Gasteiger partial charge >= 0.3 is 5.97 Å². The second-order valence-electron chi connectivity index (χ2n) is 4.63. The molecule has 0 spiro atoms. The van der Waals surface area contributed by atoms with Crippen molar-refractivity contribution in [3.05, 3.63) is 0 Å². The van der Waals surface area contributed by atoms with Gasteiger partial charge in [-0.1, -0.05) is 13.8 Å². The highest BCUT2D eigenvalue weighted by Gasteiger charge is 2.72. The fourth-order valence-corrected chi connectivity index (χ4v) is 2.99. The van der Waals surface area contributed by atoms with Gasteiger partial charge in [0.2, 0.25) is 0 Å². The van der Waals surface area contributed by atoms with Crippen molar-refractivity contribution >= 4 is 5.97 Å². The minimum atomic E-state index is -0.658. The lowest BCUT2D eigenvalue weighted by molar-refractivity contribution is -0.138. The van der Waals surface area contributed by atoms with E-state index in [9.17, 15) is 4.79 Å². The molecule has 2 atom stereocenters. The lowest BCUT2D eigenvalue weighted by Gasteiger charge is -2.16. The van der Waals surface area contributed by atoms with Crippen molar-refractivity contribution in [2.45, 2.75) is 20.3 Å². The van der Waals surface area contributed by atoms with Crippen LogP contribution in [0.4, 0.5) is 0 Å².